The number of hydrogen-bond donors (Lipinski definition) is 1. The van der Waals surface area contributed by atoms with Crippen molar-refractivity contribution in [3.8, 4) is 0 Å². The maximum atomic E-state index is 12.2. The quantitative estimate of drug-likeness (QED) is 0.436. The highest BCUT2D eigenvalue weighted by Crippen LogP contribution is 2.16. The van der Waals surface area contributed by atoms with E-state index < -0.39 is 4.92 Å². The third-order valence-corrected chi connectivity index (χ3v) is 3.61. The average Bonchev–Trinajstić information content (AvgIpc) is 2.70. The van der Waals surface area contributed by atoms with Gasteiger partial charge in [-0.3, -0.25) is 19.9 Å². The highest BCUT2D eigenvalue weighted by atomic mass is 16.6. The minimum Gasteiger partial charge on any atom is -0.267 e. The first-order valence-corrected chi connectivity index (χ1v) is 7.73. The zero-order chi connectivity index (χ0) is 18.4. The molecule has 3 aromatic rings. The van der Waals surface area contributed by atoms with E-state index in [-0.39, 0.29) is 11.6 Å². The molecule has 1 heterocycles. The van der Waals surface area contributed by atoms with Crippen molar-refractivity contribution in [2.75, 3.05) is 0 Å². The largest absolute Gasteiger partial charge is 0.271 e. The average molecular weight is 346 g/mol. The van der Waals surface area contributed by atoms with E-state index in [2.05, 4.69) is 15.5 Å². The first-order valence-electron chi connectivity index (χ1n) is 7.73. The molecule has 0 saturated heterocycles. The number of benzene rings is 2. The third kappa shape index (κ3) is 3.96. The Morgan fingerprint density at radius 1 is 0.885 bits per heavy atom. The summed E-state index contributed by atoms with van der Waals surface area (Å²) in [4.78, 5) is 26.5. The lowest BCUT2D eigenvalue weighted by molar-refractivity contribution is -0.384. The number of pyridine rings is 1. The Hall–Kier alpha value is -3.87. The predicted molar refractivity (Wildman–Crippen MR) is 96.9 cm³/mol. The molecule has 1 aromatic heterocycles. The summed E-state index contributed by atoms with van der Waals surface area (Å²) in [7, 11) is 0. The van der Waals surface area contributed by atoms with E-state index in [1.165, 1.54) is 24.5 Å². The number of nitro benzene ring substituents is 1. The molecule has 0 aliphatic rings. The van der Waals surface area contributed by atoms with Gasteiger partial charge in [0, 0.05) is 41.2 Å². The van der Waals surface area contributed by atoms with Crippen LogP contribution in [0.25, 0.3) is 0 Å². The number of hydrogen-bond acceptors (Lipinski definition) is 5. The van der Waals surface area contributed by atoms with Crippen LogP contribution in [0.4, 0.5) is 5.69 Å². The SMILES string of the molecule is O=C(N/N=C(/c1ccccc1)c1ccc([N+](=O)[O-])cc1)c1ccncc1. The topological polar surface area (TPSA) is 97.5 Å². The van der Waals surface area contributed by atoms with Crippen molar-refractivity contribution in [1.82, 2.24) is 10.4 Å². The van der Waals surface area contributed by atoms with Crippen molar-refractivity contribution in [1.29, 1.82) is 0 Å². The molecule has 3 rings (SSSR count). The molecule has 7 nitrogen and oxygen atoms in total. The minimum atomic E-state index is -0.464. The summed E-state index contributed by atoms with van der Waals surface area (Å²) < 4.78 is 0. The molecule has 0 unspecified atom stereocenters. The van der Waals surface area contributed by atoms with Gasteiger partial charge in [0.2, 0.25) is 0 Å². The summed E-state index contributed by atoms with van der Waals surface area (Å²) in [5.74, 6) is -0.372. The summed E-state index contributed by atoms with van der Waals surface area (Å²) in [5.41, 5.74) is 4.87. The number of non-ortho nitro benzene ring substituents is 1. The number of carbonyl (C=O) groups excluding carboxylic acids is 1. The van der Waals surface area contributed by atoms with Gasteiger partial charge in [0.15, 0.2) is 0 Å². The molecular weight excluding hydrogens is 332 g/mol. The molecule has 0 saturated carbocycles. The van der Waals surface area contributed by atoms with E-state index in [0.29, 0.717) is 16.8 Å². The van der Waals surface area contributed by atoms with E-state index in [1.807, 2.05) is 30.3 Å². The van der Waals surface area contributed by atoms with Crippen LogP contribution in [0, 0.1) is 10.1 Å². The molecule has 0 aliphatic carbocycles. The van der Waals surface area contributed by atoms with Gasteiger partial charge >= 0.3 is 0 Å². The van der Waals surface area contributed by atoms with Crippen molar-refractivity contribution in [3.05, 3.63) is 106 Å². The van der Waals surface area contributed by atoms with Crippen LogP contribution >= 0.6 is 0 Å². The van der Waals surface area contributed by atoms with Gasteiger partial charge in [-0.2, -0.15) is 5.10 Å². The van der Waals surface area contributed by atoms with Gasteiger partial charge in [-0.05, 0) is 24.3 Å². The Balaban J connectivity index is 1.93. The van der Waals surface area contributed by atoms with Gasteiger partial charge in [-0.15, -0.1) is 0 Å². The Morgan fingerprint density at radius 2 is 1.50 bits per heavy atom. The van der Waals surface area contributed by atoms with E-state index >= 15 is 0 Å². The molecule has 26 heavy (non-hydrogen) atoms. The van der Waals surface area contributed by atoms with Crippen LogP contribution in [0.1, 0.15) is 21.5 Å². The van der Waals surface area contributed by atoms with Gasteiger partial charge < -0.3 is 0 Å². The normalized spacial score (nSPS) is 11.0. The van der Waals surface area contributed by atoms with E-state index in [1.54, 1.807) is 24.3 Å². The lowest BCUT2D eigenvalue weighted by Crippen LogP contribution is -2.20. The number of nitrogens with one attached hydrogen (secondary N) is 1. The molecule has 0 bridgehead atoms. The second-order valence-electron chi connectivity index (χ2n) is 5.31. The number of nitro groups is 1. The molecule has 0 atom stereocenters. The van der Waals surface area contributed by atoms with E-state index in [0.717, 1.165) is 5.56 Å². The fourth-order valence-electron chi connectivity index (χ4n) is 2.31. The van der Waals surface area contributed by atoms with Crippen molar-refractivity contribution in [2.24, 2.45) is 5.10 Å². The van der Waals surface area contributed by atoms with Gasteiger partial charge in [0.25, 0.3) is 11.6 Å². The standard InChI is InChI=1S/C19H14N4O3/c24-19(16-10-12-20-13-11-16)22-21-18(14-4-2-1-3-5-14)15-6-8-17(9-7-15)23(25)26/h1-13H,(H,22,24)/b21-18-. The first kappa shape index (κ1) is 17.0. The fourth-order valence-corrected chi connectivity index (χ4v) is 2.31. The van der Waals surface area contributed by atoms with E-state index in [4.69, 9.17) is 0 Å². The first-order chi connectivity index (χ1) is 12.6. The zero-order valence-electron chi connectivity index (χ0n) is 13.6. The molecule has 0 radical (unpaired) electrons. The molecule has 0 spiro atoms. The number of hydrazone groups is 1. The molecule has 0 aliphatic heterocycles. The number of aromatic nitrogens is 1. The highest BCUT2D eigenvalue weighted by Gasteiger charge is 2.11. The number of nitrogens with zero attached hydrogens (tertiary/aromatic N) is 3. The lowest BCUT2D eigenvalue weighted by Gasteiger charge is -2.08. The Bertz CT molecular complexity index is 940. The van der Waals surface area contributed by atoms with Crippen LogP contribution < -0.4 is 5.43 Å². The van der Waals surface area contributed by atoms with Gasteiger partial charge in [-0.1, -0.05) is 30.3 Å². The summed E-state index contributed by atoms with van der Waals surface area (Å²) in [6.07, 6.45) is 3.04. The summed E-state index contributed by atoms with van der Waals surface area (Å²) >= 11 is 0. The second-order valence-corrected chi connectivity index (χ2v) is 5.31. The number of amides is 1. The minimum absolute atomic E-state index is 0.0121. The Labute approximate surface area is 149 Å². The number of carbonyl (C=O) groups is 1. The van der Waals surface area contributed by atoms with Crippen LogP contribution in [-0.4, -0.2) is 21.5 Å². The highest BCUT2D eigenvalue weighted by molar-refractivity contribution is 6.13. The van der Waals surface area contributed by atoms with Crippen LogP contribution in [0.5, 0.6) is 0 Å². The smallest absolute Gasteiger partial charge is 0.267 e. The second kappa shape index (κ2) is 7.80. The molecular formula is C19H14N4O3. The molecule has 128 valence electrons. The number of rotatable bonds is 5. The van der Waals surface area contributed by atoms with Crippen LogP contribution in [0.2, 0.25) is 0 Å². The zero-order valence-corrected chi connectivity index (χ0v) is 13.6. The molecule has 1 amide bonds. The monoisotopic (exact) mass is 346 g/mol. The van der Waals surface area contributed by atoms with E-state index in [9.17, 15) is 14.9 Å². The lowest BCUT2D eigenvalue weighted by atomic mass is 10.0. The Morgan fingerprint density at radius 3 is 2.12 bits per heavy atom. The maximum Gasteiger partial charge on any atom is 0.271 e. The molecule has 1 N–H and O–H groups in total. The predicted octanol–water partition coefficient (Wildman–Crippen LogP) is 3.17. The third-order valence-electron chi connectivity index (χ3n) is 3.61. The fraction of sp³-hybridized carbons (Fsp3) is 0. The maximum absolute atomic E-state index is 12.2. The Kier molecular flexibility index (Phi) is 5.09. The summed E-state index contributed by atoms with van der Waals surface area (Å²) in [6.45, 7) is 0. The molecule has 7 heteroatoms. The molecule has 0 fully saturated rings. The van der Waals surface area contributed by atoms with Crippen molar-refractivity contribution in [2.45, 2.75) is 0 Å². The van der Waals surface area contributed by atoms with Crippen molar-refractivity contribution >= 4 is 17.3 Å². The molecule has 2 aromatic carbocycles. The van der Waals surface area contributed by atoms with Gasteiger partial charge in [0.1, 0.15) is 0 Å². The van der Waals surface area contributed by atoms with Crippen LogP contribution in [0.3, 0.4) is 0 Å². The van der Waals surface area contributed by atoms with Crippen molar-refractivity contribution < 1.29 is 9.72 Å². The van der Waals surface area contributed by atoms with Crippen LogP contribution in [0.15, 0.2) is 84.2 Å². The summed E-state index contributed by atoms with van der Waals surface area (Å²) in [5, 5.41) is 15.1. The van der Waals surface area contributed by atoms with Gasteiger partial charge in [-0.25, -0.2) is 5.43 Å². The van der Waals surface area contributed by atoms with Gasteiger partial charge in [0.05, 0.1) is 10.6 Å². The van der Waals surface area contributed by atoms with Crippen LogP contribution in [-0.2, 0) is 0 Å². The summed E-state index contributed by atoms with van der Waals surface area (Å²) in [6, 6.07) is 18.4. The van der Waals surface area contributed by atoms with Crippen molar-refractivity contribution in [3.63, 3.8) is 0 Å².